The number of fused-ring (bicyclic) bond motifs is 2. The first-order valence-electron chi connectivity index (χ1n) is 10.0. The van der Waals surface area contributed by atoms with Gasteiger partial charge in [0.1, 0.15) is 5.82 Å². The van der Waals surface area contributed by atoms with Crippen LogP contribution in [0.1, 0.15) is 34.8 Å². The van der Waals surface area contributed by atoms with Crippen LogP contribution in [0.2, 0.25) is 0 Å². The van der Waals surface area contributed by atoms with Crippen LogP contribution >= 0.6 is 0 Å². The number of benzene rings is 2. The highest BCUT2D eigenvalue weighted by atomic mass is 19.1. The van der Waals surface area contributed by atoms with Crippen LogP contribution in [-0.4, -0.2) is 49.6 Å². The van der Waals surface area contributed by atoms with Crippen molar-refractivity contribution in [2.24, 2.45) is 0 Å². The molecular weight excluding hydrogens is 371 g/mol. The molecule has 4 rings (SSSR count). The number of ether oxygens (including phenoxy) is 1. The summed E-state index contributed by atoms with van der Waals surface area (Å²) in [5, 5.41) is 0. The number of amides is 2. The highest BCUT2D eigenvalue weighted by molar-refractivity contribution is 6.09. The van der Waals surface area contributed by atoms with Crippen molar-refractivity contribution in [2.45, 2.75) is 25.7 Å². The van der Waals surface area contributed by atoms with Crippen molar-refractivity contribution in [3.8, 4) is 0 Å². The van der Waals surface area contributed by atoms with Gasteiger partial charge in [0.05, 0.1) is 17.6 Å². The maximum absolute atomic E-state index is 14.3. The fourth-order valence-electron chi connectivity index (χ4n) is 4.56. The zero-order chi connectivity index (χ0) is 20.6. The molecule has 5 nitrogen and oxygen atoms in total. The summed E-state index contributed by atoms with van der Waals surface area (Å²) in [5.74, 6) is -0.873. The van der Waals surface area contributed by atoms with Gasteiger partial charge in [-0.3, -0.25) is 9.59 Å². The van der Waals surface area contributed by atoms with Gasteiger partial charge >= 0.3 is 0 Å². The van der Waals surface area contributed by atoms with Crippen LogP contribution in [0.25, 0.3) is 0 Å². The van der Waals surface area contributed by atoms with E-state index < -0.39 is 11.2 Å². The fourth-order valence-corrected chi connectivity index (χ4v) is 4.56. The van der Waals surface area contributed by atoms with E-state index in [2.05, 4.69) is 0 Å². The van der Waals surface area contributed by atoms with Crippen molar-refractivity contribution in [2.75, 3.05) is 37.7 Å². The lowest BCUT2D eigenvalue weighted by Crippen LogP contribution is -2.44. The molecule has 1 atom stereocenters. The summed E-state index contributed by atoms with van der Waals surface area (Å²) < 4.78 is 19.8. The van der Waals surface area contributed by atoms with Gasteiger partial charge in [-0.25, -0.2) is 4.39 Å². The van der Waals surface area contributed by atoms with E-state index in [0.29, 0.717) is 38.3 Å². The largest absolute Gasteiger partial charge is 0.380 e. The lowest BCUT2D eigenvalue weighted by atomic mass is 9.81. The Morgan fingerprint density at radius 2 is 2.00 bits per heavy atom. The number of hydrogen-bond acceptors (Lipinski definition) is 3. The maximum Gasteiger partial charge on any atom is 0.257 e. The summed E-state index contributed by atoms with van der Waals surface area (Å²) in [6.07, 6.45) is 0.535. The van der Waals surface area contributed by atoms with Gasteiger partial charge in [-0.2, -0.15) is 0 Å². The molecule has 0 aliphatic carbocycles. The highest BCUT2D eigenvalue weighted by Gasteiger charge is 2.55. The minimum Gasteiger partial charge on any atom is -0.380 e. The molecule has 0 aromatic heterocycles. The number of carbonyl (C=O) groups excluding carboxylic acids is 2. The number of para-hydroxylation sites is 1. The molecule has 29 heavy (non-hydrogen) atoms. The summed E-state index contributed by atoms with van der Waals surface area (Å²) >= 11 is 0. The number of anilines is 1. The van der Waals surface area contributed by atoms with Crippen molar-refractivity contribution < 1.29 is 18.7 Å². The third-order valence-corrected chi connectivity index (χ3v) is 6.02. The van der Waals surface area contributed by atoms with Crippen LogP contribution in [-0.2, 0) is 14.9 Å². The van der Waals surface area contributed by atoms with E-state index in [1.54, 1.807) is 28.9 Å². The zero-order valence-corrected chi connectivity index (χ0v) is 16.8. The zero-order valence-electron chi connectivity index (χ0n) is 16.8. The summed E-state index contributed by atoms with van der Waals surface area (Å²) in [5.41, 5.74) is 1.76. The molecule has 152 valence electrons. The number of hydrogen-bond donors (Lipinski definition) is 0. The third-order valence-electron chi connectivity index (χ3n) is 6.02. The first-order chi connectivity index (χ1) is 14.0. The number of halogens is 1. The summed E-state index contributed by atoms with van der Waals surface area (Å²) in [6.45, 7) is 5.88. The predicted octanol–water partition coefficient (Wildman–Crippen LogP) is 3.30. The standard InChI is InChI=1S/C23H25FN2O3/c1-3-29-14-13-26-19-10-5-4-8-17(19)23(22(26)28)11-12-25(15-23)21(27)20-16(2)7-6-9-18(20)24/h4-10H,3,11-15H2,1-2H3. The molecule has 2 aromatic rings. The van der Waals surface area contributed by atoms with Crippen LogP contribution < -0.4 is 4.90 Å². The molecule has 6 heteroatoms. The van der Waals surface area contributed by atoms with Gasteiger partial charge in [-0.05, 0) is 43.5 Å². The molecule has 0 N–H and O–H groups in total. The minimum absolute atomic E-state index is 0.000964. The second kappa shape index (κ2) is 7.59. The third kappa shape index (κ3) is 3.12. The SMILES string of the molecule is CCOCCN1C(=O)C2(CCN(C(=O)c3c(C)cccc3F)C2)c2ccccc21. The molecule has 2 aliphatic rings. The molecule has 1 spiro atoms. The molecule has 0 saturated carbocycles. The summed E-state index contributed by atoms with van der Waals surface area (Å²) in [7, 11) is 0. The highest BCUT2D eigenvalue weighted by Crippen LogP contribution is 2.47. The van der Waals surface area contributed by atoms with E-state index in [9.17, 15) is 14.0 Å². The number of carbonyl (C=O) groups is 2. The Hall–Kier alpha value is -2.73. The van der Waals surface area contributed by atoms with Gasteiger partial charge in [0, 0.05) is 31.9 Å². The molecule has 0 radical (unpaired) electrons. The van der Waals surface area contributed by atoms with E-state index in [4.69, 9.17) is 4.74 Å². The molecule has 1 saturated heterocycles. The molecular formula is C23H25FN2O3. The van der Waals surface area contributed by atoms with Crippen LogP contribution in [0.3, 0.4) is 0 Å². The Balaban J connectivity index is 1.64. The first-order valence-corrected chi connectivity index (χ1v) is 10.0. The molecule has 1 fully saturated rings. The van der Waals surface area contributed by atoms with Crippen LogP contribution in [0.15, 0.2) is 42.5 Å². The van der Waals surface area contributed by atoms with Crippen LogP contribution in [0.5, 0.6) is 0 Å². The number of rotatable bonds is 5. The second-order valence-corrected chi connectivity index (χ2v) is 7.66. The smallest absolute Gasteiger partial charge is 0.257 e. The van der Waals surface area contributed by atoms with Gasteiger partial charge in [0.25, 0.3) is 5.91 Å². The van der Waals surface area contributed by atoms with Crippen molar-refractivity contribution in [1.82, 2.24) is 4.90 Å². The molecule has 2 heterocycles. The monoisotopic (exact) mass is 396 g/mol. The topological polar surface area (TPSA) is 49.9 Å². The van der Waals surface area contributed by atoms with Crippen molar-refractivity contribution in [3.63, 3.8) is 0 Å². The van der Waals surface area contributed by atoms with Gasteiger partial charge in [0.15, 0.2) is 0 Å². The lowest BCUT2D eigenvalue weighted by molar-refractivity contribution is -0.122. The quantitative estimate of drug-likeness (QED) is 0.729. The Bertz CT molecular complexity index is 941. The van der Waals surface area contributed by atoms with E-state index in [1.165, 1.54) is 6.07 Å². The number of nitrogens with zero attached hydrogens (tertiary/aromatic N) is 2. The van der Waals surface area contributed by atoms with Gasteiger partial charge in [-0.15, -0.1) is 0 Å². The second-order valence-electron chi connectivity index (χ2n) is 7.66. The van der Waals surface area contributed by atoms with Crippen molar-refractivity contribution in [1.29, 1.82) is 0 Å². The van der Waals surface area contributed by atoms with Crippen LogP contribution in [0, 0.1) is 12.7 Å². The summed E-state index contributed by atoms with van der Waals surface area (Å²) in [4.78, 5) is 29.9. The Kier molecular flexibility index (Phi) is 5.13. The van der Waals surface area contributed by atoms with Crippen molar-refractivity contribution in [3.05, 3.63) is 65.0 Å². The number of likely N-dealkylation sites (tertiary alicyclic amines) is 1. The van der Waals surface area contributed by atoms with Gasteiger partial charge in [-0.1, -0.05) is 30.3 Å². The van der Waals surface area contributed by atoms with Gasteiger partial charge < -0.3 is 14.5 Å². The molecule has 1 unspecified atom stereocenters. The first kappa shape index (κ1) is 19.6. The van der Waals surface area contributed by atoms with E-state index in [-0.39, 0.29) is 23.9 Å². The average molecular weight is 396 g/mol. The average Bonchev–Trinajstić information content (AvgIpc) is 3.25. The Morgan fingerprint density at radius 1 is 1.21 bits per heavy atom. The maximum atomic E-state index is 14.3. The molecule has 2 aromatic carbocycles. The molecule has 2 aliphatic heterocycles. The Morgan fingerprint density at radius 3 is 2.76 bits per heavy atom. The van der Waals surface area contributed by atoms with Crippen molar-refractivity contribution >= 4 is 17.5 Å². The predicted molar refractivity (Wildman–Crippen MR) is 109 cm³/mol. The van der Waals surface area contributed by atoms with E-state index in [1.807, 2.05) is 31.2 Å². The summed E-state index contributed by atoms with van der Waals surface area (Å²) in [6, 6.07) is 12.4. The van der Waals surface area contributed by atoms with E-state index in [0.717, 1.165) is 11.3 Å². The molecule has 0 bridgehead atoms. The van der Waals surface area contributed by atoms with Gasteiger partial charge in [0.2, 0.25) is 5.91 Å². The minimum atomic E-state index is -0.766. The normalized spacial score (nSPS) is 20.6. The van der Waals surface area contributed by atoms with Crippen LogP contribution in [0.4, 0.5) is 10.1 Å². The Labute approximate surface area is 170 Å². The number of aryl methyl sites for hydroxylation is 1. The lowest BCUT2D eigenvalue weighted by Gasteiger charge is -2.25. The fraction of sp³-hybridized carbons (Fsp3) is 0.391. The van der Waals surface area contributed by atoms with E-state index >= 15 is 0 Å². The molecule has 2 amide bonds.